The van der Waals surface area contributed by atoms with Crippen molar-refractivity contribution in [3.05, 3.63) is 18.0 Å². The third kappa shape index (κ3) is 1.77. The first kappa shape index (κ1) is 11.0. The SMILES string of the molecule is CCC(C)N1C(N)=NCC1c1cnn(C)c1. The van der Waals surface area contributed by atoms with E-state index in [9.17, 15) is 0 Å². The summed E-state index contributed by atoms with van der Waals surface area (Å²) in [5.41, 5.74) is 7.13. The molecule has 0 radical (unpaired) electrons. The minimum Gasteiger partial charge on any atom is -0.370 e. The Labute approximate surface area is 95.9 Å². The fraction of sp³-hybridized carbons (Fsp3) is 0.636. The van der Waals surface area contributed by atoms with E-state index in [1.54, 1.807) is 0 Å². The van der Waals surface area contributed by atoms with Crippen LogP contribution >= 0.6 is 0 Å². The van der Waals surface area contributed by atoms with Gasteiger partial charge in [0.25, 0.3) is 0 Å². The van der Waals surface area contributed by atoms with Gasteiger partial charge in [-0.1, -0.05) is 6.92 Å². The van der Waals surface area contributed by atoms with Gasteiger partial charge in [0.15, 0.2) is 5.96 Å². The normalized spacial score (nSPS) is 22.3. The smallest absolute Gasteiger partial charge is 0.192 e. The van der Waals surface area contributed by atoms with E-state index >= 15 is 0 Å². The molecule has 1 aliphatic heterocycles. The van der Waals surface area contributed by atoms with Crippen molar-refractivity contribution in [3.8, 4) is 0 Å². The van der Waals surface area contributed by atoms with Gasteiger partial charge >= 0.3 is 0 Å². The standard InChI is InChI=1S/C11H19N5/c1-4-8(2)16-10(6-13-11(16)12)9-5-14-15(3)7-9/h5,7-8,10H,4,6H2,1-3H3,(H2,12,13). The average Bonchev–Trinajstić information content (AvgIpc) is 2.83. The highest BCUT2D eigenvalue weighted by atomic mass is 15.3. The molecule has 0 spiro atoms. The lowest BCUT2D eigenvalue weighted by Gasteiger charge is -2.31. The molecule has 1 aromatic rings. The largest absolute Gasteiger partial charge is 0.370 e. The number of aromatic nitrogens is 2. The molecular formula is C11H19N5. The molecule has 0 saturated carbocycles. The van der Waals surface area contributed by atoms with Crippen molar-refractivity contribution in [2.45, 2.75) is 32.4 Å². The van der Waals surface area contributed by atoms with E-state index in [1.165, 1.54) is 5.56 Å². The Morgan fingerprint density at radius 2 is 2.38 bits per heavy atom. The Morgan fingerprint density at radius 1 is 1.62 bits per heavy atom. The van der Waals surface area contributed by atoms with E-state index in [1.807, 2.05) is 24.1 Å². The summed E-state index contributed by atoms with van der Waals surface area (Å²) in [6.07, 6.45) is 5.00. The van der Waals surface area contributed by atoms with Crippen LogP contribution in [0.3, 0.4) is 0 Å². The Hall–Kier alpha value is -1.52. The number of nitrogens with two attached hydrogens (primary N) is 1. The van der Waals surface area contributed by atoms with E-state index in [0.29, 0.717) is 12.0 Å². The Kier molecular flexibility index (Phi) is 2.85. The molecule has 16 heavy (non-hydrogen) atoms. The lowest BCUT2D eigenvalue weighted by Crippen LogP contribution is -2.42. The number of aliphatic imine (C=N–C) groups is 1. The van der Waals surface area contributed by atoms with Crippen LogP contribution in [0.1, 0.15) is 31.9 Å². The molecule has 0 saturated heterocycles. The van der Waals surface area contributed by atoms with Crippen molar-refractivity contribution < 1.29 is 0 Å². The van der Waals surface area contributed by atoms with Crippen molar-refractivity contribution in [2.75, 3.05) is 6.54 Å². The molecule has 2 heterocycles. The Bertz CT molecular complexity index is 395. The predicted molar refractivity (Wildman–Crippen MR) is 64.0 cm³/mol. The Balaban J connectivity index is 2.23. The molecule has 88 valence electrons. The van der Waals surface area contributed by atoms with Crippen LogP contribution in [-0.4, -0.2) is 33.2 Å². The molecule has 2 unspecified atom stereocenters. The summed E-state index contributed by atoms with van der Waals surface area (Å²) in [6, 6.07) is 0.667. The van der Waals surface area contributed by atoms with E-state index < -0.39 is 0 Å². The molecule has 0 aliphatic carbocycles. The summed E-state index contributed by atoms with van der Waals surface area (Å²) < 4.78 is 1.82. The summed E-state index contributed by atoms with van der Waals surface area (Å²) in [5.74, 6) is 0.656. The fourth-order valence-electron chi connectivity index (χ4n) is 2.12. The quantitative estimate of drug-likeness (QED) is 0.824. The predicted octanol–water partition coefficient (Wildman–Crippen LogP) is 0.890. The van der Waals surface area contributed by atoms with Crippen LogP contribution in [0, 0.1) is 0 Å². The van der Waals surface area contributed by atoms with Gasteiger partial charge < -0.3 is 10.6 Å². The first-order valence-electron chi connectivity index (χ1n) is 5.70. The van der Waals surface area contributed by atoms with Gasteiger partial charge in [0.05, 0.1) is 18.8 Å². The molecule has 0 aromatic carbocycles. The zero-order valence-electron chi connectivity index (χ0n) is 10.1. The van der Waals surface area contributed by atoms with Crippen LogP contribution < -0.4 is 5.73 Å². The van der Waals surface area contributed by atoms with Gasteiger partial charge in [-0.15, -0.1) is 0 Å². The van der Waals surface area contributed by atoms with Crippen LogP contribution in [-0.2, 0) is 7.05 Å². The van der Waals surface area contributed by atoms with Gasteiger partial charge in [0.1, 0.15) is 0 Å². The zero-order chi connectivity index (χ0) is 11.7. The number of hydrogen-bond donors (Lipinski definition) is 1. The van der Waals surface area contributed by atoms with E-state index in [-0.39, 0.29) is 6.04 Å². The highest BCUT2D eigenvalue weighted by Gasteiger charge is 2.31. The fourth-order valence-corrected chi connectivity index (χ4v) is 2.12. The van der Waals surface area contributed by atoms with Gasteiger partial charge in [0.2, 0.25) is 0 Å². The van der Waals surface area contributed by atoms with Crippen LogP contribution in [0.4, 0.5) is 0 Å². The third-order valence-corrected chi connectivity index (χ3v) is 3.20. The number of rotatable bonds is 3. The molecule has 0 fully saturated rings. The van der Waals surface area contributed by atoms with Gasteiger partial charge in [-0.25, -0.2) is 0 Å². The maximum absolute atomic E-state index is 5.94. The summed E-state index contributed by atoms with van der Waals surface area (Å²) in [5, 5.41) is 4.20. The third-order valence-electron chi connectivity index (χ3n) is 3.20. The number of nitrogens with zero attached hydrogens (tertiary/aromatic N) is 4. The van der Waals surface area contributed by atoms with E-state index in [0.717, 1.165) is 13.0 Å². The van der Waals surface area contributed by atoms with Crippen LogP contribution in [0.2, 0.25) is 0 Å². The molecule has 0 bridgehead atoms. The monoisotopic (exact) mass is 221 g/mol. The van der Waals surface area contributed by atoms with Crippen molar-refractivity contribution in [2.24, 2.45) is 17.8 Å². The van der Waals surface area contributed by atoms with Crippen molar-refractivity contribution in [1.82, 2.24) is 14.7 Å². The molecular weight excluding hydrogens is 202 g/mol. The maximum Gasteiger partial charge on any atom is 0.192 e. The van der Waals surface area contributed by atoms with Crippen molar-refractivity contribution >= 4 is 5.96 Å². The van der Waals surface area contributed by atoms with Crippen molar-refractivity contribution in [1.29, 1.82) is 0 Å². The average molecular weight is 221 g/mol. The zero-order valence-corrected chi connectivity index (χ0v) is 10.1. The second-order valence-electron chi connectivity index (χ2n) is 4.33. The second kappa shape index (κ2) is 4.15. The van der Waals surface area contributed by atoms with Crippen molar-refractivity contribution in [3.63, 3.8) is 0 Å². The van der Waals surface area contributed by atoms with Crippen LogP contribution in [0.25, 0.3) is 0 Å². The lowest BCUT2D eigenvalue weighted by atomic mass is 10.1. The van der Waals surface area contributed by atoms with E-state index in [2.05, 4.69) is 28.8 Å². The molecule has 5 nitrogen and oxygen atoms in total. The summed E-state index contributed by atoms with van der Waals surface area (Å²) >= 11 is 0. The number of hydrogen-bond acceptors (Lipinski definition) is 4. The van der Waals surface area contributed by atoms with Gasteiger partial charge in [-0.05, 0) is 13.3 Å². The van der Waals surface area contributed by atoms with Gasteiger partial charge in [0, 0.05) is 24.8 Å². The molecule has 2 rings (SSSR count). The molecule has 0 amide bonds. The number of aryl methyl sites for hydroxylation is 1. The highest BCUT2D eigenvalue weighted by molar-refractivity contribution is 5.80. The van der Waals surface area contributed by atoms with E-state index in [4.69, 9.17) is 5.73 Å². The highest BCUT2D eigenvalue weighted by Crippen LogP contribution is 2.27. The lowest BCUT2D eigenvalue weighted by molar-refractivity contribution is 0.268. The minimum absolute atomic E-state index is 0.253. The molecule has 1 aliphatic rings. The van der Waals surface area contributed by atoms with Crippen LogP contribution in [0.5, 0.6) is 0 Å². The molecule has 1 aromatic heterocycles. The van der Waals surface area contributed by atoms with Gasteiger partial charge in [-0.2, -0.15) is 5.10 Å². The molecule has 5 heteroatoms. The van der Waals surface area contributed by atoms with Crippen LogP contribution in [0.15, 0.2) is 17.4 Å². The first-order valence-corrected chi connectivity index (χ1v) is 5.70. The molecule has 2 atom stereocenters. The topological polar surface area (TPSA) is 59.4 Å². The maximum atomic E-state index is 5.94. The number of guanidine groups is 1. The Morgan fingerprint density at radius 3 is 2.94 bits per heavy atom. The summed E-state index contributed by atoms with van der Waals surface area (Å²) in [4.78, 5) is 6.53. The van der Waals surface area contributed by atoms with Gasteiger partial charge in [-0.3, -0.25) is 9.67 Å². The summed E-state index contributed by atoms with van der Waals surface area (Å²) in [7, 11) is 1.93. The summed E-state index contributed by atoms with van der Waals surface area (Å²) in [6.45, 7) is 5.08. The second-order valence-corrected chi connectivity index (χ2v) is 4.33. The minimum atomic E-state index is 0.253. The first-order chi connectivity index (χ1) is 7.63. The molecule has 2 N–H and O–H groups in total.